The molecule has 1 aromatic carbocycles. The molecule has 1 aromatic rings. The highest BCUT2D eigenvalue weighted by atomic mass is 35.5. The molecule has 0 saturated carbocycles. The van der Waals surface area contributed by atoms with E-state index < -0.39 is 11.6 Å². The van der Waals surface area contributed by atoms with E-state index in [4.69, 9.17) is 4.74 Å². The Morgan fingerprint density at radius 1 is 1.18 bits per heavy atom. The lowest BCUT2D eigenvalue weighted by Gasteiger charge is -2.22. The molecule has 0 radical (unpaired) electrons. The number of piperidine rings is 1. The van der Waals surface area contributed by atoms with E-state index in [1.807, 2.05) is 0 Å². The minimum absolute atomic E-state index is 0. The van der Waals surface area contributed by atoms with Gasteiger partial charge in [-0.1, -0.05) is 0 Å². The van der Waals surface area contributed by atoms with Crippen LogP contribution in [0.25, 0.3) is 0 Å². The highest BCUT2D eigenvalue weighted by Crippen LogP contribution is 2.18. The second-order valence-corrected chi connectivity index (χ2v) is 4.08. The molecule has 0 atom stereocenters. The Morgan fingerprint density at radius 3 is 2.53 bits per heavy atom. The second kappa shape index (κ2) is 6.77. The summed E-state index contributed by atoms with van der Waals surface area (Å²) in [6.07, 6.45) is 2.15. The maximum absolute atomic E-state index is 12.9. The van der Waals surface area contributed by atoms with Gasteiger partial charge in [0.1, 0.15) is 5.75 Å². The summed E-state index contributed by atoms with van der Waals surface area (Å²) in [5, 5.41) is 3.26. The quantitative estimate of drug-likeness (QED) is 0.905. The molecule has 1 saturated heterocycles. The van der Waals surface area contributed by atoms with Crippen LogP contribution in [0, 0.1) is 17.6 Å². The molecule has 1 aliphatic heterocycles. The van der Waals surface area contributed by atoms with Crippen molar-refractivity contribution in [3.05, 3.63) is 29.8 Å². The number of rotatable bonds is 3. The molecular formula is C12H16ClF2NO. The molecular weight excluding hydrogens is 248 g/mol. The van der Waals surface area contributed by atoms with E-state index in [9.17, 15) is 8.78 Å². The van der Waals surface area contributed by atoms with Crippen LogP contribution in [0.2, 0.25) is 0 Å². The zero-order valence-electron chi connectivity index (χ0n) is 9.42. The summed E-state index contributed by atoms with van der Waals surface area (Å²) in [5.41, 5.74) is 0. The third-order valence-electron chi connectivity index (χ3n) is 2.84. The third-order valence-corrected chi connectivity index (χ3v) is 2.84. The highest BCUT2D eigenvalue weighted by molar-refractivity contribution is 5.85. The molecule has 1 heterocycles. The maximum Gasteiger partial charge on any atom is 0.162 e. The van der Waals surface area contributed by atoms with Crippen LogP contribution in [0.15, 0.2) is 18.2 Å². The second-order valence-electron chi connectivity index (χ2n) is 4.08. The molecule has 17 heavy (non-hydrogen) atoms. The van der Waals surface area contributed by atoms with Gasteiger partial charge in [0.2, 0.25) is 0 Å². The van der Waals surface area contributed by atoms with Crippen molar-refractivity contribution in [3.63, 3.8) is 0 Å². The van der Waals surface area contributed by atoms with Crippen LogP contribution in [-0.2, 0) is 0 Å². The zero-order valence-corrected chi connectivity index (χ0v) is 10.2. The van der Waals surface area contributed by atoms with E-state index in [0.717, 1.165) is 38.1 Å². The lowest BCUT2D eigenvalue weighted by Crippen LogP contribution is -2.30. The highest BCUT2D eigenvalue weighted by Gasteiger charge is 2.13. The van der Waals surface area contributed by atoms with E-state index in [1.54, 1.807) is 0 Å². The van der Waals surface area contributed by atoms with Crippen LogP contribution in [0.4, 0.5) is 8.78 Å². The van der Waals surface area contributed by atoms with E-state index in [1.165, 1.54) is 6.07 Å². The number of halogens is 3. The van der Waals surface area contributed by atoms with Gasteiger partial charge in [0, 0.05) is 6.07 Å². The molecule has 0 unspecified atom stereocenters. The van der Waals surface area contributed by atoms with Crippen LogP contribution >= 0.6 is 12.4 Å². The maximum atomic E-state index is 12.9. The lowest BCUT2D eigenvalue weighted by atomic mass is 9.99. The Morgan fingerprint density at radius 2 is 1.88 bits per heavy atom. The first-order chi connectivity index (χ1) is 7.75. The summed E-state index contributed by atoms with van der Waals surface area (Å²) in [6.45, 7) is 2.59. The Bertz CT molecular complexity index is 356. The summed E-state index contributed by atoms with van der Waals surface area (Å²) >= 11 is 0. The van der Waals surface area contributed by atoms with Crippen molar-refractivity contribution in [2.75, 3.05) is 19.7 Å². The first-order valence-corrected chi connectivity index (χ1v) is 5.54. The van der Waals surface area contributed by atoms with E-state index in [0.29, 0.717) is 18.3 Å². The predicted octanol–water partition coefficient (Wildman–Crippen LogP) is 2.77. The minimum atomic E-state index is -0.859. The van der Waals surface area contributed by atoms with Gasteiger partial charge in [0.15, 0.2) is 11.6 Å². The number of hydrogen-bond donors (Lipinski definition) is 1. The van der Waals surface area contributed by atoms with Gasteiger partial charge in [-0.25, -0.2) is 8.78 Å². The first kappa shape index (κ1) is 14.2. The Kier molecular flexibility index (Phi) is 5.65. The fourth-order valence-electron chi connectivity index (χ4n) is 1.83. The number of benzene rings is 1. The van der Waals surface area contributed by atoms with Gasteiger partial charge in [0.05, 0.1) is 6.61 Å². The van der Waals surface area contributed by atoms with Crippen molar-refractivity contribution < 1.29 is 13.5 Å². The Balaban J connectivity index is 0.00000144. The van der Waals surface area contributed by atoms with Crippen LogP contribution in [0.5, 0.6) is 5.75 Å². The van der Waals surface area contributed by atoms with E-state index in [-0.39, 0.29) is 12.4 Å². The lowest BCUT2D eigenvalue weighted by molar-refractivity contribution is 0.214. The molecule has 0 bridgehead atoms. The monoisotopic (exact) mass is 263 g/mol. The summed E-state index contributed by atoms with van der Waals surface area (Å²) < 4.78 is 31.0. The molecule has 96 valence electrons. The summed E-state index contributed by atoms with van der Waals surface area (Å²) in [6, 6.07) is 3.64. The molecule has 1 N–H and O–H groups in total. The third kappa shape index (κ3) is 4.13. The van der Waals surface area contributed by atoms with Crippen molar-refractivity contribution in [3.8, 4) is 5.75 Å². The zero-order chi connectivity index (χ0) is 11.4. The Labute approximate surface area is 106 Å². The summed E-state index contributed by atoms with van der Waals surface area (Å²) in [7, 11) is 0. The molecule has 0 aromatic heterocycles. The fourth-order valence-corrected chi connectivity index (χ4v) is 1.83. The number of hydrogen-bond acceptors (Lipinski definition) is 2. The molecule has 0 spiro atoms. The first-order valence-electron chi connectivity index (χ1n) is 5.54. The predicted molar refractivity (Wildman–Crippen MR) is 64.7 cm³/mol. The number of nitrogens with one attached hydrogen (secondary N) is 1. The summed E-state index contributed by atoms with van der Waals surface area (Å²) in [5.74, 6) is -0.788. The minimum Gasteiger partial charge on any atom is -0.493 e. The fraction of sp³-hybridized carbons (Fsp3) is 0.500. The van der Waals surface area contributed by atoms with Gasteiger partial charge in [-0.15, -0.1) is 12.4 Å². The molecule has 2 nitrogen and oxygen atoms in total. The van der Waals surface area contributed by atoms with Crippen LogP contribution in [-0.4, -0.2) is 19.7 Å². The molecule has 0 amide bonds. The largest absolute Gasteiger partial charge is 0.493 e. The van der Waals surface area contributed by atoms with Crippen molar-refractivity contribution >= 4 is 12.4 Å². The van der Waals surface area contributed by atoms with Gasteiger partial charge in [0.25, 0.3) is 0 Å². The number of ether oxygens (including phenoxy) is 1. The van der Waals surface area contributed by atoms with Crippen LogP contribution in [0.1, 0.15) is 12.8 Å². The smallest absolute Gasteiger partial charge is 0.162 e. The van der Waals surface area contributed by atoms with Gasteiger partial charge >= 0.3 is 0 Å². The van der Waals surface area contributed by atoms with Gasteiger partial charge in [-0.05, 0) is 44.0 Å². The van der Waals surface area contributed by atoms with Gasteiger partial charge in [-0.2, -0.15) is 0 Å². The molecule has 1 fully saturated rings. The van der Waals surface area contributed by atoms with E-state index in [2.05, 4.69) is 5.32 Å². The molecule has 0 aliphatic carbocycles. The summed E-state index contributed by atoms with van der Waals surface area (Å²) in [4.78, 5) is 0. The molecule has 1 aliphatic rings. The van der Waals surface area contributed by atoms with Crippen molar-refractivity contribution in [2.45, 2.75) is 12.8 Å². The topological polar surface area (TPSA) is 21.3 Å². The average molecular weight is 264 g/mol. The van der Waals surface area contributed by atoms with Gasteiger partial charge in [-0.3, -0.25) is 0 Å². The van der Waals surface area contributed by atoms with Crippen LogP contribution < -0.4 is 10.1 Å². The van der Waals surface area contributed by atoms with Gasteiger partial charge < -0.3 is 10.1 Å². The SMILES string of the molecule is Cl.Fc1ccc(OCC2CCNCC2)cc1F. The van der Waals surface area contributed by atoms with Crippen molar-refractivity contribution in [2.24, 2.45) is 5.92 Å². The van der Waals surface area contributed by atoms with E-state index >= 15 is 0 Å². The van der Waals surface area contributed by atoms with Crippen molar-refractivity contribution in [1.29, 1.82) is 0 Å². The molecule has 2 rings (SSSR count). The standard InChI is InChI=1S/C12H15F2NO.ClH/c13-11-2-1-10(7-12(11)14)16-8-9-3-5-15-6-4-9;/h1-2,7,9,15H,3-6,8H2;1H. The normalized spacial score (nSPS) is 16.4. The van der Waals surface area contributed by atoms with Crippen molar-refractivity contribution in [1.82, 2.24) is 5.32 Å². The average Bonchev–Trinajstić information content (AvgIpc) is 2.32. The van der Waals surface area contributed by atoms with Crippen LogP contribution in [0.3, 0.4) is 0 Å². The molecule has 5 heteroatoms. The Hall–Kier alpha value is -0.870.